The smallest absolute Gasteiger partial charge is 0.247 e. The van der Waals surface area contributed by atoms with E-state index in [4.69, 9.17) is 16.0 Å². The standard InChI is InChI=1S/C16H13ClN2OS/c1-11(21-14-10-6-5-9-13(14)17)15-18-19-16(20-15)12-7-3-2-4-8-12/h2-11H,1H3/t11-/m0/s1. The fraction of sp³-hybridized carbons (Fsp3) is 0.125. The van der Waals surface area contributed by atoms with Gasteiger partial charge in [-0.15, -0.1) is 22.0 Å². The van der Waals surface area contributed by atoms with Crippen LogP contribution in [-0.4, -0.2) is 10.2 Å². The molecule has 5 heteroatoms. The first-order chi connectivity index (χ1) is 10.2. The van der Waals surface area contributed by atoms with Crippen LogP contribution in [-0.2, 0) is 0 Å². The Labute approximate surface area is 132 Å². The van der Waals surface area contributed by atoms with E-state index in [1.165, 1.54) is 0 Å². The van der Waals surface area contributed by atoms with Gasteiger partial charge in [-0.3, -0.25) is 0 Å². The Morgan fingerprint density at radius 3 is 2.48 bits per heavy atom. The van der Waals surface area contributed by atoms with Crippen LogP contribution in [0.1, 0.15) is 18.1 Å². The molecule has 1 heterocycles. The molecule has 0 aliphatic carbocycles. The molecule has 0 amide bonds. The lowest BCUT2D eigenvalue weighted by molar-refractivity contribution is 0.509. The van der Waals surface area contributed by atoms with E-state index in [-0.39, 0.29) is 5.25 Å². The van der Waals surface area contributed by atoms with Gasteiger partial charge in [-0.25, -0.2) is 0 Å². The van der Waals surface area contributed by atoms with E-state index in [1.807, 2.05) is 61.5 Å². The molecule has 0 saturated carbocycles. The highest BCUT2D eigenvalue weighted by Gasteiger charge is 2.17. The number of hydrogen-bond donors (Lipinski definition) is 0. The Hall–Kier alpha value is -1.78. The Morgan fingerprint density at radius 1 is 1.00 bits per heavy atom. The molecule has 0 aliphatic heterocycles. The summed E-state index contributed by atoms with van der Waals surface area (Å²) in [5.41, 5.74) is 0.922. The molecule has 3 rings (SSSR count). The summed E-state index contributed by atoms with van der Waals surface area (Å²) < 4.78 is 5.76. The van der Waals surface area contributed by atoms with Crippen LogP contribution in [0.25, 0.3) is 11.5 Å². The van der Waals surface area contributed by atoms with Crippen molar-refractivity contribution in [2.45, 2.75) is 17.1 Å². The van der Waals surface area contributed by atoms with Gasteiger partial charge < -0.3 is 4.42 Å². The molecule has 0 unspecified atom stereocenters. The molecule has 2 aromatic carbocycles. The number of thioether (sulfide) groups is 1. The third-order valence-electron chi connectivity index (χ3n) is 2.95. The van der Waals surface area contributed by atoms with E-state index in [0.717, 1.165) is 15.5 Å². The minimum absolute atomic E-state index is 0.0369. The molecule has 0 fully saturated rings. The maximum absolute atomic E-state index is 6.17. The van der Waals surface area contributed by atoms with Crippen molar-refractivity contribution >= 4 is 23.4 Å². The highest BCUT2D eigenvalue weighted by molar-refractivity contribution is 7.99. The second kappa shape index (κ2) is 6.33. The van der Waals surface area contributed by atoms with Gasteiger partial charge in [0.15, 0.2) is 0 Å². The molecule has 0 spiro atoms. The Kier molecular flexibility index (Phi) is 4.27. The van der Waals surface area contributed by atoms with Crippen LogP contribution >= 0.6 is 23.4 Å². The average molecular weight is 317 g/mol. The molecule has 0 saturated heterocycles. The molecular formula is C16H13ClN2OS. The first-order valence-corrected chi connectivity index (χ1v) is 7.80. The van der Waals surface area contributed by atoms with Crippen LogP contribution in [0, 0.1) is 0 Å². The van der Waals surface area contributed by atoms with Crippen molar-refractivity contribution in [3.63, 3.8) is 0 Å². The Balaban J connectivity index is 1.79. The van der Waals surface area contributed by atoms with Crippen molar-refractivity contribution in [1.82, 2.24) is 10.2 Å². The fourth-order valence-electron chi connectivity index (χ4n) is 1.88. The van der Waals surface area contributed by atoms with E-state index >= 15 is 0 Å². The number of hydrogen-bond acceptors (Lipinski definition) is 4. The predicted octanol–water partition coefficient (Wildman–Crippen LogP) is 5.24. The summed E-state index contributed by atoms with van der Waals surface area (Å²) in [5.74, 6) is 1.14. The molecule has 21 heavy (non-hydrogen) atoms. The number of aromatic nitrogens is 2. The normalized spacial score (nSPS) is 12.3. The van der Waals surface area contributed by atoms with Crippen LogP contribution in [0.4, 0.5) is 0 Å². The van der Waals surface area contributed by atoms with E-state index in [0.29, 0.717) is 11.8 Å². The molecule has 1 atom stereocenters. The zero-order chi connectivity index (χ0) is 14.7. The van der Waals surface area contributed by atoms with Gasteiger partial charge in [0.2, 0.25) is 11.8 Å². The summed E-state index contributed by atoms with van der Waals surface area (Å²) in [4.78, 5) is 1.01. The average Bonchev–Trinajstić information content (AvgIpc) is 3.00. The lowest BCUT2D eigenvalue weighted by atomic mass is 10.2. The Morgan fingerprint density at radius 2 is 1.71 bits per heavy atom. The molecule has 106 valence electrons. The number of nitrogens with zero attached hydrogens (tertiary/aromatic N) is 2. The predicted molar refractivity (Wildman–Crippen MR) is 85.5 cm³/mol. The number of benzene rings is 2. The van der Waals surface area contributed by atoms with Gasteiger partial charge >= 0.3 is 0 Å². The zero-order valence-electron chi connectivity index (χ0n) is 11.4. The SMILES string of the molecule is C[C@H](Sc1ccccc1Cl)c1nnc(-c2ccccc2)o1. The van der Waals surface area contributed by atoms with Crippen molar-refractivity contribution < 1.29 is 4.42 Å². The monoisotopic (exact) mass is 316 g/mol. The lowest BCUT2D eigenvalue weighted by Gasteiger charge is -2.07. The minimum Gasteiger partial charge on any atom is -0.419 e. The highest BCUT2D eigenvalue weighted by Crippen LogP contribution is 2.38. The first-order valence-electron chi connectivity index (χ1n) is 6.54. The fourth-order valence-corrected chi connectivity index (χ4v) is 3.06. The summed E-state index contributed by atoms with van der Waals surface area (Å²) in [5, 5.41) is 9.02. The van der Waals surface area contributed by atoms with Crippen molar-refractivity contribution in [2.75, 3.05) is 0 Å². The van der Waals surface area contributed by atoms with E-state index < -0.39 is 0 Å². The topological polar surface area (TPSA) is 38.9 Å². The zero-order valence-corrected chi connectivity index (χ0v) is 12.9. The summed E-state index contributed by atoms with van der Waals surface area (Å²) in [7, 11) is 0. The number of rotatable bonds is 4. The highest BCUT2D eigenvalue weighted by atomic mass is 35.5. The van der Waals surface area contributed by atoms with Gasteiger partial charge in [0.1, 0.15) is 0 Å². The van der Waals surface area contributed by atoms with Crippen molar-refractivity contribution in [3.8, 4) is 11.5 Å². The molecule has 0 N–H and O–H groups in total. The van der Waals surface area contributed by atoms with E-state index in [1.54, 1.807) is 11.8 Å². The van der Waals surface area contributed by atoms with E-state index in [2.05, 4.69) is 10.2 Å². The van der Waals surface area contributed by atoms with Crippen LogP contribution in [0.5, 0.6) is 0 Å². The number of halogens is 1. The van der Waals surface area contributed by atoms with Crippen molar-refractivity contribution in [3.05, 3.63) is 65.5 Å². The molecular weight excluding hydrogens is 304 g/mol. The van der Waals surface area contributed by atoms with Crippen LogP contribution in [0.3, 0.4) is 0 Å². The van der Waals surface area contributed by atoms with Crippen molar-refractivity contribution in [2.24, 2.45) is 0 Å². The third-order valence-corrected chi connectivity index (χ3v) is 4.56. The molecule has 0 bridgehead atoms. The maximum atomic E-state index is 6.17. The first kappa shape index (κ1) is 14.2. The maximum Gasteiger partial charge on any atom is 0.247 e. The summed E-state index contributed by atoms with van der Waals surface area (Å²) in [6.45, 7) is 2.02. The Bertz CT molecular complexity index is 730. The van der Waals surface area contributed by atoms with E-state index in [9.17, 15) is 0 Å². The third kappa shape index (κ3) is 3.28. The summed E-state index contributed by atoms with van der Waals surface area (Å²) >= 11 is 7.77. The van der Waals surface area contributed by atoms with Gasteiger partial charge in [0, 0.05) is 10.5 Å². The van der Waals surface area contributed by atoms with Crippen LogP contribution in [0.15, 0.2) is 63.9 Å². The molecule has 3 aromatic rings. The van der Waals surface area contributed by atoms with Gasteiger partial charge in [0.25, 0.3) is 0 Å². The van der Waals surface area contributed by atoms with Crippen LogP contribution in [0.2, 0.25) is 5.02 Å². The summed E-state index contributed by atoms with van der Waals surface area (Å²) in [6, 6.07) is 17.5. The molecule has 1 aromatic heterocycles. The second-order valence-electron chi connectivity index (χ2n) is 4.50. The largest absolute Gasteiger partial charge is 0.419 e. The van der Waals surface area contributed by atoms with Gasteiger partial charge in [-0.2, -0.15) is 0 Å². The summed E-state index contributed by atoms with van der Waals surface area (Å²) in [6.07, 6.45) is 0. The molecule has 0 aliphatic rings. The van der Waals surface area contributed by atoms with Gasteiger partial charge in [-0.05, 0) is 31.2 Å². The van der Waals surface area contributed by atoms with Crippen molar-refractivity contribution in [1.29, 1.82) is 0 Å². The van der Waals surface area contributed by atoms with Crippen LogP contribution < -0.4 is 0 Å². The quantitative estimate of drug-likeness (QED) is 0.617. The molecule has 3 nitrogen and oxygen atoms in total. The lowest BCUT2D eigenvalue weighted by Crippen LogP contribution is -1.88. The second-order valence-corrected chi connectivity index (χ2v) is 6.29. The van der Waals surface area contributed by atoms with Gasteiger partial charge in [0.05, 0.1) is 10.3 Å². The molecule has 0 radical (unpaired) electrons. The van der Waals surface area contributed by atoms with Gasteiger partial charge in [-0.1, -0.05) is 41.9 Å². The minimum atomic E-state index is 0.0369.